The Morgan fingerprint density at radius 2 is 1.86 bits per heavy atom. The first-order chi connectivity index (χ1) is 6.93. The van der Waals surface area contributed by atoms with E-state index in [2.05, 4.69) is 33.7 Å². The van der Waals surface area contributed by atoms with Gasteiger partial charge in [0.15, 0.2) is 0 Å². The third-order valence-corrected chi connectivity index (χ3v) is 2.54. The monoisotopic (exact) mass is 186 g/mol. The number of nitrogens with zero attached hydrogens (tertiary/aromatic N) is 3. The summed E-state index contributed by atoms with van der Waals surface area (Å²) in [4.78, 5) is 0. The van der Waals surface area contributed by atoms with Gasteiger partial charge in [-0.3, -0.25) is 4.57 Å². The van der Waals surface area contributed by atoms with Gasteiger partial charge in [0, 0.05) is 18.8 Å². The Labute approximate surface area is 81.6 Å². The average Bonchev–Trinajstić information content (AvgIpc) is 2.88. The van der Waals surface area contributed by atoms with Crippen LogP contribution in [0.2, 0.25) is 0 Å². The molecule has 0 fully saturated rings. The molecular weight excluding hydrogens is 176 g/mol. The molecule has 2 heterocycles. The molecule has 0 saturated heterocycles. The molecule has 2 aromatic rings. The van der Waals surface area contributed by atoms with Crippen LogP contribution in [0.25, 0.3) is 5.69 Å². The van der Waals surface area contributed by atoms with Crippen LogP contribution in [-0.4, -0.2) is 14.8 Å². The fraction of sp³-hybridized carbons (Fsp3) is 0.200. The third-order valence-electron chi connectivity index (χ3n) is 2.54. The van der Waals surface area contributed by atoms with Crippen LogP contribution in [0.15, 0.2) is 30.9 Å². The zero-order valence-corrected chi connectivity index (χ0v) is 7.64. The van der Waals surface area contributed by atoms with Gasteiger partial charge in [0.05, 0.1) is 0 Å². The van der Waals surface area contributed by atoms with Crippen molar-refractivity contribution in [3.05, 3.63) is 42.0 Å². The van der Waals surface area contributed by atoms with Gasteiger partial charge in [0.1, 0.15) is 12.7 Å². The number of aromatic nitrogens is 3. The van der Waals surface area contributed by atoms with E-state index in [1.807, 2.05) is 4.57 Å². The molecule has 14 heavy (non-hydrogen) atoms. The number of fused-ring (bicyclic) bond motifs is 1. The Bertz CT molecular complexity index is 447. The van der Waals surface area contributed by atoms with Crippen molar-refractivity contribution < 1.29 is 0 Å². The van der Waals surface area contributed by atoms with Crippen LogP contribution >= 0.6 is 0 Å². The summed E-state index contributed by atoms with van der Waals surface area (Å²) in [6, 6.07) is 6.43. The van der Waals surface area contributed by atoms with E-state index in [4.69, 9.17) is 0 Å². The molecule has 3 rings (SSSR count). The molecule has 4 nitrogen and oxygen atoms in total. The highest BCUT2D eigenvalue weighted by Gasteiger charge is 2.10. The van der Waals surface area contributed by atoms with Crippen LogP contribution < -0.4 is 5.32 Å². The minimum absolute atomic E-state index is 0.964. The van der Waals surface area contributed by atoms with Crippen molar-refractivity contribution in [1.82, 2.24) is 20.1 Å². The van der Waals surface area contributed by atoms with Gasteiger partial charge in [-0.05, 0) is 23.3 Å². The van der Waals surface area contributed by atoms with Gasteiger partial charge in [0.2, 0.25) is 0 Å². The Hall–Kier alpha value is -1.68. The van der Waals surface area contributed by atoms with Crippen molar-refractivity contribution >= 4 is 0 Å². The van der Waals surface area contributed by atoms with Crippen molar-refractivity contribution in [2.24, 2.45) is 0 Å². The topological polar surface area (TPSA) is 42.7 Å². The molecule has 0 bridgehead atoms. The van der Waals surface area contributed by atoms with E-state index in [0.29, 0.717) is 0 Å². The number of benzene rings is 1. The highest BCUT2D eigenvalue weighted by atomic mass is 15.2. The van der Waals surface area contributed by atoms with Crippen LogP contribution in [0.4, 0.5) is 0 Å². The van der Waals surface area contributed by atoms with E-state index in [1.54, 1.807) is 12.7 Å². The van der Waals surface area contributed by atoms with Gasteiger partial charge in [-0.15, -0.1) is 10.2 Å². The van der Waals surface area contributed by atoms with E-state index < -0.39 is 0 Å². The van der Waals surface area contributed by atoms with Crippen molar-refractivity contribution in [2.75, 3.05) is 0 Å². The molecule has 1 N–H and O–H groups in total. The van der Waals surface area contributed by atoms with Crippen LogP contribution in [0.3, 0.4) is 0 Å². The molecule has 1 aliphatic heterocycles. The second-order valence-corrected chi connectivity index (χ2v) is 3.43. The van der Waals surface area contributed by atoms with Gasteiger partial charge < -0.3 is 5.32 Å². The molecule has 1 aliphatic rings. The van der Waals surface area contributed by atoms with Gasteiger partial charge in [0.25, 0.3) is 0 Å². The summed E-state index contributed by atoms with van der Waals surface area (Å²) >= 11 is 0. The van der Waals surface area contributed by atoms with Crippen molar-refractivity contribution in [3.63, 3.8) is 0 Å². The lowest BCUT2D eigenvalue weighted by molar-refractivity contribution is 0.764. The van der Waals surface area contributed by atoms with Crippen LogP contribution in [-0.2, 0) is 13.1 Å². The highest BCUT2D eigenvalue weighted by Crippen LogP contribution is 2.18. The fourth-order valence-electron chi connectivity index (χ4n) is 1.78. The summed E-state index contributed by atoms with van der Waals surface area (Å²) in [7, 11) is 0. The molecule has 70 valence electrons. The Kier molecular flexibility index (Phi) is 1.61. The Morgan fingerprint density at radius 3 is 2.71 bits per heavy atom. The third kappa shape index (κ3) is 1.12. The number of hydrogen-bond donors (Lipinski definition) is 1. The maximum Gasteiger partial charge on any atom is 0.123 e. The number of hydrogen-bond acceptors (Lipinski definition) is 3. The summed E-state index contributed by atoms with van der Waals surface area (Å²) in [6.07, 6.45) is 3.42. The minimum Gasteiger partial charge on any atom is -0.309 e. The Morgan fingerprint density at radius 1 is 1.07 bits per heavy atom. The highest BCUT2D eigenvalue weighted by molar-refractivity contribution is 5.41. The molecule has 4 heteroatoms. The maximum absolute atomic E-state index is 3.79. The molecule has 0 spiro atoms. The second kappa shape index (κ2) is 2.92. The number of rotatable bonds is 1. The lowest BCUT2D eigenvalue weighted by atomic mass is 10.1. The molecule has 0 amide bonds. The summed E-state index contributed by atoms with van der Waals surface area (Å²) in [5.41, 5.74) is 3.88. The van der Waals surface area contributed by atoms with Crippen molar-refractivity contribution in [1.29, 1.82) is 0 Å². The Balaban J connectivity index is 2.09. The summed E-state index contributed by atoms with van der Waals surface area (Å²) in [5.74, 6) is 0. The molecule has 1 aromatic heterocycles. The predicted octanol–water partition coefficient (Wildman–Crippen LogP) is 0.871. The van der Waals surface area contributed by atoms with Crippen LogP contribution in [0.1, 0.15) is 11.1 Å². The van der Waals surface area contributed by atoms with Crippen LogP contribution in [0, 0.1) is 0 Å². The van der Waals surface area contributed by atoms with E-state index in [0.717, 1.165) is 18.8 Å². The second-order valence-electron chi connectivity index (χ2n) is 3.43. The maximum atomic E-state index is 3.79. The SMILES string of the molecule is c1cc2c(cc1-n1cnnc1)CNC2. The number of nitrogens with one attached hydrogen (secondary N) is 1. The molecule has 0 radical (unpaired) electrons. The summed E-state index contributed by atoms with van der Waals surface area (Å²) in [6.45, 7) is 1.95. The molecule has 1 aromatic carbocycles. The smallest absolute Gasteiger partial charge is 0.123 e. The molecule has 0 unspecified atom stereocenters. The molecule has 0 atom stereocenters. The predicted molar refractivity (Wildman–Crippen MR) is 51.9 cm³/mol. The van der Waals surface area contributed by atoms with E-state index in [1.165, 1.54) is 11.1 Å². The fourth-order valence-corrected chi connectivity index (χ4v) is 1.78. The van der Waals surface area contributed by atoms with Gasteiger partial charge in [-0.1, -0.05) is 6.07 Å². The standard InChI is InChI=1S/C10H10N4/c1-2-10(14-6-12-13-7-14)3-9-5-11-4-8(1)9/h1-3,6-7,11H,4-5H2. The lowest BCUT2D eigenvalue weighted by Gasteiger charge is -2.03. The van der Waals surface area contributed by atoms with E-state index >= 15 is 0 Å². The van der Waals surface area contributed by atoms with Crippen molar-refractivity contribution in [2.45, 2.75) is 13.1 Å². The van der Waals surface area contributed by atoms with E-state index in [9.17, 15) is 0 Å². The van der Waals surface area contributed by atoms with Crippen molar-refractivity contribution in [3.8, 4) is 5.69 Å². The first kappa shape index (κ1) is 7.70. The average molecular weight is 186 g/mol. The zero-order valence-electron chi connectivity index (χ0n) is 7.64. The zero-order chi connectivity index (χ0) is 9.38. The van der Waals surface area contributed by atoms with Gasteiger partial charge in [-0.25, -0.2) is 0 Å². The molecule has 0 aliphatic carbocycles. The molecule has 0 saturated carbocycles. The quantitative estimate of drug-likeness (QED) is 0.718. The lowest BCUT2D eigenvalue weighted by Crippen LogP contribution is -1.99. The molecular formula is C10H10N4. The van der Waals surface area contributed by atoms with Crippen LogP contribution in [0.5, 0.6) is 0 Å². The minimum atomic E-state index is 0.964. The van der Waals surface area contributed by atoms with Gasteiger partial charge in [-0.2, -0.15) is 0 Å². The van der Waals surface area contributed by atoms with E-state index in [-0.39, 0.29) is 0 Å². The normalized spacial score (nSPS) is 14.3. The first-order valence-electron chi connectivity index (χ1n) is 4.61. The first-order valence-corrected chi connectivity index (χ1v) is 4.61. The largest absolute Gasteiger partial charge is 0.309 e. The van der Waals surface area contributed by atoms with Gasteiger partial charge >= 0.3 is 0 Å². The summed E-state index contributed by atoms with van der Waals surface area (Å²) in [5, 5.41) is 10.9. The summed E-state index contributed by atoms with van der Waals surface area (Å²) < 4.78 is 1.92.